The summed E-state index contributed by atoms with van der Waals surface area (Å²) >= 11 is 6.19. The highest BCUT2D eigenvalue weighted by molar-refractivity contribution is 6.31. The molecule has 1 aromatic rings. The van der Waals surface area contributed by atoms with Crippen LogP contribution in [0.4, 0.5) is 0 Å². The Hall–Kier alpha value is -1.67. The maximum absolute atomic E-state index is 12.3. The first-order chi connectivity index (χ1) is 13.0. The van der Waals surface area contributed by atoms with Crippen LogP contribution in [0.15, 0.2) is 24.3 Å². The van der Waals surface area contributed by atoms with Crippen LogP contribution in [0.25, 0.3) is 0 Å². The average molecular weight is 397 g/mol. The Morgan fingerprint density at radius 1 is 1.11 bits per heavy atom. The highest BCUT2D eigenvalue weighted by Gasteiger charge is 2.21. The monoisotopic (exact) mass is 396 g/mol. The molecule has 2 N–H and O–H groups in total. The van der Waals surface area contributed by atoms with E-state index in [1.807, 2.05) is 31.2 Å². The molecule has 1 heterocycles. The number of ether oxygens (including phenoxy) is 1. The fourth-order valence-corrected chi connectivity index (χ4v) is 3.35. The van der Waals surface area contributed by atoms with Crippen LogP contribution in [0.2, 0.25) is 5.02 Å². The maximum atomic E-state index is 12.3. The molecule has 2 rings (SSSR count). The molecule has 1 aliphatic heterocycles. The van der Waals surface area contributed by atoms with E-state index in [0.717, 1.165) is 31.7 Å². The molecule has 0 saturated carbocycles. The number of hydrogen-bond acceptors (Lipinski definition) is 5. The van der Waals surface area contributed by atoms with Crippen molar-refractivity contribution in [1.29, 1.82) is 0 Å². The summed E-state index contributed by atoms with van der Waals surface area (Å²) in [5.74, 6) is -0.0139. The lowest BCUT2D eigenvalue weighted by atomic mass is 10.1. The topological polar surface area (TPSA) is 73.9 Å². The largest absolute Gasteiger partial charge is 0.383 e. The fourth-order valence-electron chi connectivity index (χ4n) is 3.05. The van der Waals surface area contributed by atoms with Gasteiger partial charge in [-0.15, -0.1) is 0 Å². The Morgan fingerprint density at radius 2 is 1.70 bits per heavy atom. The third-order valence-electron chi connectivity index (χ3n) is 4.58. The second-order valence-corrected chi connectivity index (χ2v) is 7.11. The summed E-state index contributed by atoms with van der Waals surface area (Å²) in [6, 6.07) is 7.39. The van der Waals surface area contributed by atoms with Gasteiger partial charge in [0, 0.05) is 44.9 Å². The Balaban J connectivity index is 1.68. The number of nitrogens with zero attached hydrogens (tertiary/aromatic N) is 2. The zero-order valence-corrected chi connectivity index (χ0v) is 16.8. The molecule has 150 valence electrons. The van der Waals surface area contributed by atoms with Crippen LogP contribution >= 0.6 is 11.6 Å². The Morgan fingerprint density at radius 3 is 2.30 bits per heavy atom. The van der Waals surface area contributed by atoms with E-state index in [-0.39, 0.29) is 17.9 Å². The smallest absolute Gasteiger partial charge is 0.234 e. The van der Waals surface area contributed by atoms with Crippen LogP contribution in [-0.4, -0.2) is 81.1 Å². The predicted octanol–water partition coefficient (Wildman–Crippen LogP) is 0.897. The van der Waals surface area contributed by atoms with Crippen LogP contribution in [0.1, 0.15) is 18.5 Å². The van der Waals surface area contributed by atoms with Crippen molar-refractivity contribution in [3.05, 3.63) is 34.9 Å². The average Bonchev–Trinajstić information content (AvgIpc) is 2.64. The fraction of sp³-hybridized carbons (Fsp3) is 0.579. The van der Waals surface area contributed by atoms with Gasteiger partial charge in [-0.05, 0) is 18.6 Å². The maximum Gasteiger partial charge on any atom is 0.234 e. The van der Waals surface area contributed by atoms with Gasteiger partial charge in [-0.25, -0.2) is 0 Å². The number of piperazine rings is 1. The summed E-state index contributed by atoms with van der Waals surface area (Å²) in [6.45, 7) is 6.77. The van der Waals surface area contributed by atoms with Crippen LogP contribution in [-0.2, 0) is 14.3 Å². The van der Waals surface area contributed by atoms with Gasteiger partial charge in [-0.2, -0.15) is 0 Å². The summed E-state index contributed by atoms with van der Waals surface area (Å²) < 4.78 is 4.92. The van der Waals surface area contributed by atoms with Gasteiger partial charge >= 0.3 is 0 Å². The lowest BCUT2D eigenvalue weighted by Crippen LogP contribution is -2.51. The summed E-state index contributed by atoms with van der Waals surface area (Å²) in [5.41, 5.74) is 0.914. The van der Waals surface area contributed by atoms with Crippen LogP contribution in [0.3, 0.4) is 0 Å². The third-order valence-corrected chi connectivity index (χ3v) is 4.92. The summed E-state index contributed by atoms with van der Waals surface area (Å²) in [6.07, 6.45) is 0. The molecule has 27 heavy (non-hydrogen) atoms. The molecule has 1 aromatic carbocycles. The number of methoxy groups -OCH3 is 1. The van der Waals surface area contributed by atoms with E-state index in [2.05, 4.69) is 20.4 Å². The summed E-state index contributed by atoms with van der Waals surface area (Å²) in [7, 11) is 1.61. The van der Waals surface area contributed by atoms with Crippen molar-refractivity contribution >= 4 is 23.4 Å². The van der Waals surface area contributed by atoms with Gasteiger partial charge in [0.05, 0.1) is 25.7 Å². The van der Waals surface area contributed by atoms with Gasteiger partial charge in [0.25, 0.3) is 0 Å². The van der Waals surface area contributed by atoms with E-state index in [1.54, 1.807) is 7.11 Å². The minimum absolute atomic E-state index is 0.00630. The molecule has 1 unspecified atom stereocenters. The molecule has 0 aliphatic carbocycles. The Kier molecular flexibility index (Phi) is 9.00. The molecular weight excluding hydrogens is 368 g/mol. The molecule has 0 radical (unpaired) electrons. The number of amides is 2. The standard InChI is InChI=1S/C19H29ClN4O3/c1-15(16-5-3-4-6-17(16)20)22-19(26)14-24-10-8-23(9-11-24)13-18(25)21-7-12-27-2/h3-6,15H,7-14H2,1-2H3,(H,21,25)(H,22,26). The molecule has 0 bridgehead atoms. The van der Waals surface area contributed by atoms with Crippen molar-refractivity contribution in [2.24, 2.45) is 0 Å². The number of rotatable bonds is 9. The molecule has 2 amide bonds. The van der Waals surface area contributed by atoms with Crippen molar-refractivity contribution < 1.29 is 14.3 Å². The Bertz CT molecular complexity index is 621. The minimum atomic E-state index is -0.136. The number of carbonyl (C=O) groups excluding carboxylic acids is 2. The highest BCUT2D eigenvalue weighted by atomic mass is 35.5. The first-order valence-corrected chi connectivity index (χ1v) is 9.61. The van der Waals surface area contributed by atoms with Gasteiger partial charge in [0.15, 0.2) is 0 Å². The van der Waals surface area contributed by atoms with Gasteiger partial charge in [-0.3, -0.25) is 19.4 Å². The third kappa shape index (κ3) is 7.46. The second-order valence-electron chi connectivity index (χ2n) is 6.71. The molecular formula is C19H29ClN4O3. The zero-order chi connectivity index (χ0) is 19.6. The molecule has 1 saturated heterocycles. The van der Waals surface area contributed by atoms with Crippen molar-refractivity contribution in [1.82, 2.24) is 20.4 Å². The van der Waals surface area contributed by atoms with E-state index >= 15 is 0 Å². The van der Waals surface area contributed by atoms with Gasteiger partial charge in [0.2, 0.25) is 11.8 Å². The zero-order valence-electron chi connectivity index (χ0n) is 16.0. The van der Waals surface area contributed by atoms with E-state index < -0.39 is 0 Å². The predicted molar refractivity (Wildman–Crippen MR) is 106 cm³/mol. The van der Waals surface area contributed by atoms with Crippen LogP contribution in [0.5, 0.6) is 0 Å². The molecule has 0 spiro atoms. The number of benzene rings is 1. The second kappa shape index (κ2) is 11.2. The van der Waals surface area contributed by atoms with Gasteiger partial charge in [-0.1, -0.05) is 29.8 Å². The van der Waals surface area contributed by atoms with Crippen molar-refractivity contribution in [3.8, 4) is 0 Å². The Labute approximate surface area is 166 Å². The molecule has 1 atom stereocenters. The molecule has 1 fully saturated rings. The summed E-state index contributed by atoms with van der Waals surface area (Å²) in [4.78, 5) is 28.4. The summed E-state index contributed by atoms with van der Waals surface area (Å²) in [5, 5.41) is 6.48. The van der Waals surface area contributed by atoms with Crippen LogP contribution in [0, 0.1) is 0 Å². The SMILES string of the molecule is COCCNC(=O)CN1CCN(CC(=O)NC(C)c2ccccc2Cl)CC1. The quantitative estimate of drug-likeness (QED) is 0.607. The lowest BCUT2D eigenvalue weighted by molar-refractivity contribution is -0.125. The molecule has 8 heteroatoms. The number of halogens is 1. The van der Waals surface area contributed by atoms with Crippen molar-refractivity contribution in [2.45, 2.75) is 13.0 Å². The van der Waals surface area contributed by atoms with E-state index in [1.165, 1.54) is 0 Å². The first kappa shape index (κ1) is 21.6. The first-order valence-electron chi connectivity index (χ1n) is 9.23. The van der Waals surface area contributed by atoms with E-state index in [4.69, 9.17) is 16.3 Å². The number of carbonyl (C=O) groups is 2. The van der Waals surface area contributed by atoms with Gasteiger partial charge in [0.1, 0.15) is 0 Å². The van der Waals surface area contributed by atoms with Gasteiger partial charge < -0.3 is 15.4 Å². The van der Waals surface area contributed by atoms with E-state index in [9.17, 15) is 9.59 Å². The number of nitrogens with one attached hydrogen (secondary N) is 2. The lowest BCUT2D eigenvalue weighted by Gasteiger charge is -2.34. The molecule has 0 aromatic heterocycles. The van der Waals surface area contributed by atoms with Crippen molar-refractivity contribution in [2.75, 3.05) is 59.5 Å². The van der Waals surface area contributed by atoms with E-state index in [0.29, 0.717) is 31.3 Å². The number of hydrogen-bond donors (Lipinski definition) is 2. The highest BCUT2D eigenvalue weighted by Crippen LogP contribution is 2.21. The molecule has 7 nitrogen and oxygen atoms in total. The normalized spacial score (nSPS) is 16.7. The molecule has 1 aliphatic rings. The minimum Gasteiger partial charge on any atom is -0.383 e. The van der Waals surface area contributed by atoms with Crippen molar-refractivity contribution in [3.63, 3.8) is 0 Å². The van der Waals surface area contributed by atoms with Crippen LogP contribution < -0.4 is 10.6 Å².